The lowest BCUT2D eigenvalue weighted by molar-refractivity contribution is -0.120. The van der Waals surface area contributed by atoms with Crippen molar-refractivity contribution in [3.63, 3.8) is 0 Å². The zero-order valence-corrected chi connectivity index (χ0v) is 17.6. The maximum Gasteiger partial charge on any atom is 0.244 e. The number of hydrogen-bond donors (Lipinski definition) is 1. The number of amides is 2. The maximum atomic E-state index is 11.9. The van der Waals surface area contributed by atoms with Gasteiger partial charge in [-0.25, -0.2) is 14.3 Å². The third-order valence-electron chi connectivity index (χ3n) is 4.93. The van der Waals surface area contributed by atoms with Crippen LogP contribution in [0.4, 0.5) is 17.3 Å². The summed E-state index contributed by atoms with van der Waals surface area (Å²) in [4.78, 5) is 37.1. The fourth-order valence-electron chi connectivity index (χ4n) is 3.49. The van der Waals surface area contributed by atoms with Crippen molar-refractivity contribution < 1.29 is 9.59 Å². The number of rotatable bonds is 3. The molecule has 3 heterocycles. The summed E-state index contributed by atoms with van der Waals surface area (Å²) in [7, 11) is 0. The average Bonchev–Trinajstić information content (AvgIpc) is 2.72. The lowest BCUT2D eigenvalue weighted by Crippen LogP contribution is -2.44. The molecular weight excluding hydrogens is 402 g/mol. The van der Waals surface area contributed by atoms with Crippen LogP contribution in [0.25, 0.3) is 0 Å². The van der Waals surface area contributed by atoms with Crippen LogP contribution in [-0.4, -0.2) is 58.8 Å². The van der Waals surface area contributed by atoms with Crippen LogP contribution in [-0.2, 0) is 9.59 Å². The van der Waals surface area contributed by atoms with E-state index >= 15 is 0 Å². The smallest absolute Gasteiger partial charge is 0.244 e. The van der Waals surface area contributed by atoms with Crippen LogP contribution in [0.3, 0.4) is 0 Å². The molecule has 1 aromatic heterocycles. The van der Waals surface area contributed by atoms with Crippen LogP contribution in [0.1, 0.15) is 18.3 Å². The molecule has 0 spiro atoms. The molecule has 2 aliphatic heterocycles. The van der Waals surface area contributed by atoms with Crippen LogP contribution < -0.4 is 15.1 Å². The van der Waals surface area contributed by atoms with E-state index in [1.807, 2.05) is 25.1 Å². The SMILES string of the molecule is CC(=O)N1CC(=O)Nc2cc(SN3CCN(c4nc(C)cc(C#N)n4)CC3)ccc21. The molecule has 2 aliphatic rings. The number of aryl methyl sites for hydroxylation is 1. The molecule has 0 unspecified atom stereocenters. The first-order chi connectivity index (χ1) is 14.4. The number of aromatic nitrogens is 2. The monoisotopic (exact) mass is 423 g/mol. The van der Waals surface area contributed by atoms with E-state index in [1.165, 1.54) is 11.8 Å². The topological polar surface area (TPSA) is 105 Å². The summed E-state index contributed by atoms with van der Waals surface area (Å²) in [6, 6.07) is 9.50. The number of hydrogen-bond acceptors (Lipinski definition) is 8. The van der Waals surface area contributed by atoms with Crippen LogP contribution in [0.15, 0.2) is 29.2 Å². The number of nitriles is 1. The second kappa shape index (κ2) is 8.30. The van der Waals surface area contributed by atoms with Gasteiger partial charge < -0.3 is 15.1 Å². The van der Waals surface area contributed by atoms with Crippen molar-refractivity contribution in [1.82, 2.24) is 14.3 Å². The summed E-state index contributed by atoms with van der Waals surface area (Å²) in [6.45, 7) is 6.47. The molecule has 0 aliphatic carbocycles. The Bertz CT molecular complexity index is 1040. The number of nitrogens with one attached hydrogen (secondary N) is 1. The molecule has 0 saturated carbocycles. The zero-order valence-electron chi connectivity index (χ0n) is 16.8. The Kier molecular flexibility index (Phi) is 5.57. The molecule has 1 N–H and O–H groups in total. The summed E-state index contributed by atoms with van der Waals surface area (Å²) in [5.41, 5.74) is 2.54. The molecule has 2 aromatic rings. The van der Waals surface area contributed by atoms with Gasteiger partial charge in [0.15, 0.2) is 0 Å². The zero-order chi connectivity index (χ0) is 21.3. The Hall–Kier alpha value is -3.16. The molecule has 0 atom stereocenters. The van der Waals surface area contributed by atoms with E-state index in [1.54, 1.807) is 18.0 Å². The predicted molar refractivity (Wildman–Crippen MR) is 114 cm³/mol. The molecule has 2 amide bonds. The minimum absolute atomic E-state index is 0.0470. The third-order valence-corrected chi connectivity index (χ3v) is 6.02. The highest BCUT2D eigenvalue weighted by Crippen LogP contribution is 2.35. The lowest BCUT2D eigenvalue weighted by Gasteiger charge is -2.34. The number of benzene rings is 1. The van der Waals surface area contributed by atoms with E-state index < -0.39 is 0 Å². The van der Waals surface area contributed by atoms with Crippen LogP contribution in [0.5, 0.6) is 0 Å². The summed E-state index contributed by atoms with van der Waals surface area (Å²) in [5.74, 6) is 0.251. The number of anilines is 3. The van der Waals surface area contributed by atoms with Crippen molar-refractivity contribution in [2.75, 3.05) is 47.8 Å². The summed E-state index contributed by atoms with van der Waals surface area (Å²) >= 11 is 1.62. The third kappa shape index (κ3) is 4.22. The Morgan fingerprint density at radius 2 is 1.97 bits per heavy atom. The van der Waals surface area contributed by atoms with Gasteiger partial charge in [0.2, 0.25) is 17.8 Å². The van der Waals surface area contributed by atoms with E-state index in [9.17, 15) is 9.59 Å². The van der Waals surface area contributed by atoms with Gasteiger partial charge >= 0.3 is 0 Å². The minimum Gasteiger partial charge on any atom is -0.338 e. The highest BCUT2D eigenvalue weighted by molar-refractivity contribution is 7.97. The predicted octanol–water partition coefficient (Wildman–Crippen LogP) is 1.79. The van der Waals surface area contributed by atoms with E-state index in [4.69, 9.17) is 5.26 Å². The number of fused-ring (bicyclic) bond motifs is 1. The van der Waals surface area contributed by atoms with Gasteiger partial charge in [-0.2, -0.15) is 5.26 Å². The molecule has 4 rings (SSSR count). The van der Waals surface area contributed by atoms with Gasteiger partial charge in [-0.3, -0.25) is 9.59 Å². The van der Waals surface area contributed by atoms with Crippen molar-refractivity contribution in [3.8, 4) is 6.07 Å². The van der Waals surface area contributed by atoms with Crippen molar-refractivity contribution in [1.29, 1.82) is 5.26 Å². The second-order valence-corrected chi connectivity index (χ2v) is 8.32. The molecule has 154 valence electrons. The first kappa shape index (κ1) is 20.1. The van der Waals surface area contributed by atoms with E-state index in [-0.39, 0.29) is 18.4 Å². The second-order valence-electron chi connectivity index (χ2n) is 7.15. The fraction of sp³-hybridized carbons (Fsp3) is 0.350. The Balaban J connectivity index is 1.42. The lowest BCUT2D eigenvalue weighted by atomic mass is 10.2. The van der Waals surface area contributed by atoms with E-state index in [2.05, 4.69) is 30.6 Å². The Morgan fingerprint density at radius 3 is 2.67 bits per heavy atom. The maximum absolute atomic E-state index is 11.9. The standard InChI is InChI=1S/C20H21N7O2S/c1-13-9-15(11-21)23-20(22-13)25-5-7-26(8-6-25)30-16-3-4-18-17(10-16)24-19(29)12-27(18)14(2)28/h3-4,9-10H,5-8,12H2,1-2H3,(H,24,29). The van der Waals surface area contributed by atoms with Crippen LogP contribution in [0.2, 0.25) is 0 Å². The molecule has 1 saturated heterocycles. The Labute approximate surface area is 178 Å². The summed E-state index contributed by atoms with van der Waals surface area (Å²) in [5, 5.41) is 12.0. The van der Waals surface area contributed by atoms with Crippen molar-refractivity contribution in [2.24, 2.45) is 0 Å². The number of nitrogens with zero attached hydrogens (tertiary/aromatic N) is 6. The first-order valence-electron chi connectivity index (χ1n) is 9.58. The van der Waals surface area contributed by atoms with Gasteiger partial charge in [0, 0.05) is 43.7 Å². The van der Waals surface area contributed by atoms with Crippen molar-refractivity contribution >= 4 is 41.1 Å². The molecule has 9 nitrogen and oxygen atoms in total. The minimum atomic E-state index is -0.191. The molecule has 10 heteroatoms. The van der Waals surface area contributed by atoms with E-state index in [0.717, 1.165) is 42.5 Å². The van der Waals surface area contributed by atoms with Gasteiger partial charge in [0.05, 0.1) is 11.4 Å². The van der Waals surface area contributed by atoms with Crippen molar-refractivity contribution in [3.05, 3.63) is 35.7 Å². The molecule has 0 bridgehead atoms. The van der Waals surface area contributed by atoms with Gasteiger partial charge in [0.25, 0.3) is 0 Å². The summed E-state index contributed by atoms with van der Waals surface area (Å²) < 4.78 is 2.24. The van der Waals surface area contributed by atoms with Gasteiger partial charge in [-0.15, -0.1) is 0 Å². The van der Waals surface area contributed by atoms with Gasteiger partial charge in [-0.1, -0.05) is 0 Å². The average molecular weight is 424 g/mol. The largest absolute Gasteiger partial charge is 0.338 e. The van der Waals surface area contributed by atoms with E-state index in [0.29, 0.717) is 17.3 Å². The van der Waals surface area contributed by atoms with Gasteiger partial charge in [-0.05, 0) is 43.1 Å². The molecule has 30 heavy (non-hydrogen) atoms. The molecule has 1 fully saturated rings. The number of carbonyl (C=O) groups excluding carboxylic acids is 2. The van der Waals surface area contributed by atoms with Crippen molar-refractivity contribution in [2.45, 2.75) is 18.7 Å². The highest BCUT2D eigenvalue weighted by atomic mass is 32.2. The Morgan fingerprint density at radius 1 is 1.20 bits per heavy atom. The normalized spacial score (nSPS) is 16.6. The highest BCUT2D eigenvalue weighted by Gasteiger charge is 2.26. The quantitative estimate of drug-likeness (QED) is 0.745. The van der Waals surface area contributed by atoms with Gasteiger partial charge in [0.1, 0.15) is 18.3 Å². The first-order valence-corrected chi connectivity index (χ1v) is 10.4. The number of carbonyl (C=O) groups is 2. The molecule has 0 radical (unpaired) electrons. The molecule has 1 aromatic carbocycles. The van der Waals surface area contributed by atoms with Crippen LogP contribution in [0, 0.1) is 18.3 Å². The summed E-state index contributed by atoms with van der Waals surface area (Å²) in [6.07, 6.45) is 0. The fourth-order valence-corrected chi connectivity index (χ4v) is 4.43. The molecular formula is C20H21N7O2S. The number of piperazine rings is 1. The van der Waals surface area contributed by atoms with Crippen LogP contribution >= 0.6 is 11.9 Å².